The highest BCUT2D eigenvalue weighted by Gasteiger charge is 2.22. The second-order valence-electron chi connectivity index (χ2n) is 6.85. The number of ether oxygens (including phenoxy) is 1. The van der Waals surface area contributed by atoms with Crippen molar-refractivity contribution in [2.45, 2.75) is 26.8 Å². The summed E-state index contributed by atoms with van der Waals surface area (Å²) in [6.45, 7) is 8.22. The molecule has 156 valence electrons. The summed E-state index contributed by atoms with van der Waals surface area (Å²) >= 11 is 1.70. The number of nitrogens with one attached hydrogen (secondary N) is 1. The molecule has 0 unspecified atom stereocenters. The number of piperazine rings is 1. The van der Waals surface area contributed by atoms with Crippen LogP contribution in [0.5, 0.6) is 5.75 Å². The van der Waals surface area contributed by atoms with Gasteiger partial charge in [0.2, 0.25) is 5.91 Å². The summed E-state index contributed by atoms with van der Waals surface area (Å²) in [4.78, 5) is 33.7. The van der Waals surface area contributed by atoms with Crippen LogP contribution in [-0.2, 0) is 17.8 Å². The van der Waals surface area contributed by atoms with Crippen LogP contribution < -0.4 is 10.1 Å². The molecular formula is C21H28N4O3S. The van der Waals surface area contributed by atoms with Gasteiger partial charge >= 0.3 is 0 Å². The first-order valence-corrected chi connectivity index (χ1v) is 10.9. The maximum atomic E-state index is 12.5. The first-order chi connectivity index (χ1) is 14.1. The Labute approximate surface area is 175 Å². The van der Waals surface area contributed by atoms with E-state index in [0.717, 1.165) is 36.8 Å². The number of carbonyl (C=O) groups is 2. The average Bonchev–Trinajstić information content (AvgIpc) is 3.20. The van der Waals surface area contributed by atoms with E-state index in [1.807, 2.05) is 17.9 Å². The lowest BCUT2D eigenvalue weighted by Crippen LogP contribution is -2.50. The lowest BCUT2D eigenvalue weighted by atomic mass is 10.2. The highest BCUT2D eigenvalue weighted by atomic mass is 32.1. The molecule has 8 heteroatoms. The van der Waals surface area contributed by atoms with Gasteiger partial charge in [0.1, 0.15) is 5.75 Å². The molecule has 0 bridgehead atoms. The van der Waals surface area contributed by atoms with Gasteiger partial charge in [0.05, 0.1) is 29.4 Å². The Morgan fingerprint density at radius 1 is 1.17 bits per heavy atom. The molecular weight excluding hydrogens is 388 g/mol. The maximum absolute atomic E-state index is 12.5. The molecule has 0 aliphatic carbocycles. The molecule has 7 nitrogen and oxygen atoms in total. The van der Waals surface area contributed by atoms with Gasteiger partial charge in [-0.05, 0) is 25.5 Å². The van der Waals surface area contributed by atoms with Crippen molar-refractivity contribution in [1.82, 2.24) is 20.1 Å². The van der Waals surface area contributed by atoms with Crippen LogP contribution in [0.1, 0.15) is 34.9 Å². The zero-order valence-corrected chi connectivity index (χ0v) is 17.8. The van der Waals surface area contributed by atoms with E-state index in [9.17, 15) is 9.59 Å². The van der Waals surface area contributed by atoms with Crippen molar-refractivity contribution in [2.24, 2.45) is 0 Å². The Kier molecular flexibility index (Phi) is 7.60. The highest BCUT2D eigenvalue weighted by molar-refractivity contribution is 7.09. The lowest BCUT2D eigenvalue weighted by Gasteiger charge is -2.34. The minimum Gasteiger partial charge on any atom is -0.493 e. The van der Waals surface area contributed by atoms with E-state index < -0.39 is 0 Å². The topological polar surface area (TPSA) is 74.8 Å². The fourth-order valence-corrected chi connectivity index (χ4v) is 4.00. The molecule has 3 rings (SSSR count). The summed E-state index contributed by atoms with van der Waals surface area (Å²) in [5, 5.41) is 6.00. The highest BCUT2D eigenvalue weighted by Crippen LogP contribution is 2.17. The van der Waals surface area contributed by atoms with Crippen molar-refractivity contribution in [2.75, 3.05) is 39.3 Å². The van der Waals surface area contributed by atoms with Gasteiger partial charge in [0.15, 0.2) is 0 Å². The van der Waals surface area contributed by atoms with Crippen LogP contribution in [0.25, 0.3) is 0 Å². The third kappa shape index (κ3) is 5.77. The van der Waals surface area contributed by atoms with Crippen molar-refractivity contribution < 1.29 is 14.3 Å². The third-order valence-electron chi connectivity index (χ3n) is 4.84. The second-order valence-corrected chi connectivity index (χ2v) is 7.80. The summed E-state index contributed by atoms with van der Waals surface area (Å²) in [6, 6.07) is 7.06. The van der Waals surface area contributed by atoms with Crippen molar-refractivity contribution in [3.8, 4) is 5.75 Å². The molecule has 1 aliphatic rings. The van der Waals surface area contributed by atoms with Crippen LogP contribution in [0, 0.1) is 0 Å². The van der Waals surface area contributed by atoms with Crippen LogP contribution in [0.2, 0.25) is 0 Å². The predicted octanol–water partition coefficient (Wildman–Crippen LogP) is 2.18. The Morgan fingerprint density at radius 3 is 2.62 bits per heavy atom. The molecule has 1 saturated heterocycles. The zero-order valence-electron chi connectivity index (χ0n) is 17.0. The van der Waals surface area contributed by atoms with Gasteiger partial charge in [0.25, 0.3) is 5.91 Å². The number of aromatic nitrogens is 1. The van der Waals surface area contributed by atoms with Gasteiger partial charge in [0, 0.05) is 38.1 Å². The number of hydrogen-bond acceptors (Lipinski definition) is 6. The molecule has 1 fully saturated rings. The minimum absolute atomic E-state index is 0.00869. The monoisotopic (exact) mass is 416 g/mol. The van der Waals surface area contributed by atoms with Gasteiger partial charge in [-0.2, -0.15) is 0 Å². The molecule has 2 amide bonds. The van der Waals surface area contributed by atoms with Gasteiger partial charge < -0.3 is 15.0 Å². The molecule has 2 aromatic rings. The normalized spacial score (nSPS) is 14.6. The second kappa shape index (κ2) is 10.4. The number of para-hydroxylation sites is 1. The van der Waals surface area contributed by atoms with Crippen molar-refractivity contribution in [1.29, 1.82) is 0 Å². The fourth-order valence-electron chi connectivity index (χ4n) is 3.27. The summed E-state index contributed by atoms with van der Waals surface area (Å²) in [5.74, 6) is 0.173. The van der Waals surface area contributed by atoms with Crippen molar-refractivity contribution in [3.05, 3.63) is 45.9 Å². The number of thiazole rings is 1. The van der Waals surface area contributed by atoms with Crippen LogP contribution >= 0.6 is 11.3 Å². The van der Waals surface area contributed by atoms with E-state index in [1.54, 1.807) is 29.5 Å². The first-order valence-electron chi connectivity index (χ1n) is 10.0. The standard InChI is InChI=1S/C21H28N4O3S/c1-3-19-23-16(15-29-19)14-24-9-11-25(12-10-24)20(26)13-22-21(27)17-7-5-6-8-18(17)28-4-2/h5-8,15H,3-4,9-14H2,1-2H3,(H,22,27). The Hall–Kier alpha value is -2.45. The number of hydrogen-bond donors (Lipinski definition) is 1. The summed E-state index contributed by atoms with van der Waals surface area (Å²) in [7, 11) is 0. The summed E-state index contributed by atoms with van der Waals surface area (Å²) < 4.78 is 5.48. The number of rotatable bonds is 8. The van der Waals surface area contributed by atoms with E-state index in [0.29, 0.717) is 31.0 Å². The summed E-state index contributed by atoms with van der Waals surface area (Å²) in [6.07, 6.45) is 0.966. The van der Waals surface area contributed by atoms with Crippen LogP contribution in [-0.4, -0.2) is 65.9 Å². The Balaban J connectivity index is 1.44. The molecule has 29 heavy (non-hydrogen) atoms. The van der Waals surface area contributed by atoms with Crippen molar-refractivity contribution in [3.63, 3.8) is 0 Å². The van der Waals surface area contributed by atoms with Gasteiger partial charge in [-0.15, -0.1) is 11.3 Å². The Bertz CT molecular complexity index is 831. The van der Waals surface area contributed by atoms with E-state index >= 15 is 0 Å². The molecule has 1 aromatic carbocycles. The molecule has 1 aromatic heterocycles. The molecule has 0 atom stereocenters. The molecule has 1 N–H and O–H groups in total. The fraction of sp³-hybridized carbons (Fsp3) is 0.476. The number of carbonyl (C=O) groups excluding carboxylic acids is 2. The molecule has 1 aliphatic heterocycles. The van der Waals surface area contributed by atoms with Gasteiger partial charge in [-0.3, -0.25) is 14.5 Å². The number of amides is 2. The lowest BCUT2D eigenvalue weighted by molar-refractivity contribution is -0.131. The third-order valence-corrected chi connectivity index (χ3v) is 5.89. The molecule has 0 radical (unpaired) electrons. The van der Waals surface area contributed by atoms with Crippen molar-refractivity contribution >= 4 is 23.2 Å². The molecule has 2 heterocycles. The Morgan fingerprint density at radius 2 is 1.93 bits per heavy atom. The van der Waals surface area contributed by atoms with Crippen LogP contribution in [0.4, 0.5) is 0 Å². The number of aryl methyl sites for hydroxylation is 1. The van der Waals surface area contributed by atoms with Gasteiger partial charge in [-0.1, -0.05) is 19.1 Å². The molecule has 0 spiro atoms. The molecule has 0 saturated carbocycles. The average molecular weight is 417 g/mol. The SMILES string of the molecule is CCOc1ccccc1C(=O)NCC(=O)N1CCN(Cc2csc(CC)n2)CC1. The minimum atomic E-state index is -0.295. The predicted molar refractivity (Wildman–Crippen MR) is 113 cm³/mol. The summed E-state index contributed by atoms with van der Waals surface area (Å²) in [5.41, 5.74) is 1.55. The van der Waals surface area contributed by atoms with Gasteiger partial charge in [-0.25, -0.2) is 4.98 Å². The van der Waals surface area contributed by atoms with E-state index in [-0.39, 0.29) is 18.4 Å². The zero-order chi connectivity index (χ0) is 20.6. The van der Waals surface area contributed by atoms with E-state index in [2.05, 4.69) is 27.5 Å². The van der Waals surface area contributed by atoms with Crippen LogP contribution in [0.15, 0.2) is 29.6 Å². The maximum Gasteiger partial charge on any atom is 0.255 e. The van der Waals surface area contributed by atoms with E-state index in [4.69, 9.17) is 4.74 Å². The smallest absolute Gasteiger partial charge is 0.255 e. The largest absolute Gasteiger partial charge is 0.493 e. The number of benzene rings is 1. The van der Waals surface area contributed by atoms with E-state index in [1.165, 1.54) is 0 Å². The van der Waals surface area contributed by atoms with Crippen LogP contribution in [0.3, 0.4) is 0 Å². The quantitative estimate of drug-likeness (QED) is 0.714. The first kappa shape index (κ1) is 21.3. The number of nitrogens with zero attached hydrogens (tertiary/aromatic N) is 3.